The van der Waals surface area contributed by atoms with E-state index in [4.69, 9.17) is 15.0 Å². The van der Waals surface area contributed by atoms with E-state index in [0.717, 1.165) is 12.3 Å². The van der Waals surface area contributed by atoms with Crippen LogP contribution in [0.4, 0.5) is 0 Å². The molecule has 1 saturated carbocycles. The zero-order chi connectivity index (χ0) is 12.5. The Hall–Kier alpha value is -0.940. The van der Waals surface area contributed by atoms with Crippen LogP contribution in [0.25, 0.3) is 0 Å². The van der Waals surface area contributed by atoms with E-state index < -0.39 is 5.54 Å². The molecule has 5 heteroatoms. The van der Waals surface area contributed by atoms with Gasteiger partial charge in [-0.2, -0.15) is 4.98 Å². The Bertz CT molecular complexity index is 376. The van der Waals surface area contributed by atoms with Crippen LogP contribution < -0.4 is 5.73 Å². The van der Waals surface area contributed by atoms with E-state index in [1.807, 2.05) is 6.92 Å². The number of methoxy groups -OCH3 is 1. The maximum absolute atomic E-state index is 6.09. The zero-order valence-corrected chi connectivity index (χ0v) is 10.8. The fourth-order valence-corrected chi connectivity index (χ4v) is 2.49. The Morgan fingerprint density at radius 1 is 1.53 bits per heavy atom. The SMILES string of the molecule is COCC(C)(N)c1noc(C2CCCC2C)n1. The van der Waals surface area contributed by atoms with E-state index in [1.165, 1.54) is 12.8 Å². The zero-order valence-electron chi connectivity index (χ0n) is 10.8. The molecule has 1 heterocycles. The first-order valence-corrected chi connectivity index (χ1v) is 6.16. The molecule has 3 atom stereocenters. The molecule has 2 rings (SSSR count). The van der Waals surface area contributed by atoms with Gasteiger partial charge in [0, 0.05) is 13.0 Å². The van der Waals surface area contributed by atoms with Crippen molar-refractivity contribution >= 4 is 0 Å². The molecule has 5 nitrogen and oxygen atoms in total. The largest absolute Gasteiger partial charge is 0.382 e. The van der Waals surface area contributed by atoms with Crippen molar-refractivity contribution in [1.29, 1.82) is 0 Å². The molecule has 3 unspecified atom stereocenters. The fourth-order valence-electron chi connectivity index (χ4n) is 2.49. The lowest BCUT2D eigenvalue weighted by atomic mass is 9.98. The van der Waals surface area contributed by atoms with Crippen molar-refractivity contribution in [3.63, 3.8) is 0 Å². The Labute approximate surface area is 102 Å². The third-order valence-corrected chi connectivity index (χ3v) is 3.58. The molecule has 0 bridgehead atoms. The molecule has 1 aromatic rings. The quantitative estimate of drug-likeness (QED) is 0.867. The van der Waals surface area contributed by atoms with E-state index in [0.29, 0.717) is 24.3 Å². The Morgan fingerprint density at radius 3 is 2.88 bits per heavy atom. The summed E-state index contributed by atoms with van der Waals surface area (Å²) in [5.41, 5.74) is 5.40. The first kappa shape index (κ1) is 12.5. The highest BCUT2D eigenvalue weighted by Crippen LogP contribution is 2.38. The Kier molecular flexibility index (Phi) is 3.49. The molecule has 0 saturated heterocycles. The number of hydrogen-bond donors (Lipinski definition) is 1. The molecule has 1 fully saturated rings. The number of aromatic nitrogens is 2. The van der Waals surface area contributed by atoms with Gasteiger partial charge in [0.25, 0.3) is 0 Å². The lowest BCUT2D eigenvalue weighted by Crippen LogP contribution is -2.39. The number of rotatable bonds is 4. The topological polar surface area (TPSA) is 74.2 Å². The van der Waals surface area contributed by atoms with Gasteiger partial charge in [0.1, 0.15) is 5.54 Å². The molecule has 0 spiro atoms. The summed E-state index contributed by atoms with van der Waals surface area (Å²) in [6.07, 6.45) is 3.61. The van der Waals surface area contributed by atoms with Gasteiger partial charge in [-0.1, -0.05) is 18.5 Å². The highest BCUT2D eigenvalue weighted by Gasteiger charge is 2.33. The van der Waals surface area contributed by atoms with Crippen molar-refractivity contribution in [3.05, 3.63) is 11.7 Å². The van der Waals surface area contributed by atoms with Gasteiger partial charge in [-0.25, -0.2) is 0 Å². The lowest BCUT2D eigenvalue weighted by Gasteiger charge is -2.18. The van der Waals surface area contributed by atoms with Gasteiger partial charge in [-0.15, -0.1) is 0 Å². The van der Waals surface area contributed by atoms with Gasteiger partial charge < -0.3 is 15.0 Å². The molecular weight excluding hydrogens is 218 g/mol. The van der Waals surface area contributed by atoms with Crippen molar-refractivity contribution in [1.82, 2.24) is 10.1 Å². The smallest absolute Gasteiger partial charge is 0.230 e. The highest BCUT2D eigenvalue weighted by atomic mass is 16.5. The maximum atomic E-state index is 6.09. The van der Waals surface area contributed by atoms with E-state index in [-0.39, 0.29) is 0 Å². The van der Waals surface area contributed by atoms with Gasteiger partial charge in [0.2, 0.25) is 5.89 Å². The van der Waals surface area contributed by atoms with Gasteiger partial charge in [-0.05, 0) is 25.7 Å². The second-order valence-electron chi connectivity index (χ2n) is 5.32. The highest BCUT2D eigenvalue weighted by molar-refractivity contribution is 5.05. The van der Waals surface area contributed by atoms with Crippen molar-refractivity contribution in [2.45, 2.75) is 44.6 Å². The van der Waals surface area contributed by atoms with E-state index >= 15 is 0 Å². The number of nitrogens with zero attached hydrogens (tertiary/aromatic N) is 2. The molecule has 1 aromatic heterocycles. The molecule has 96 valence electrons. The van der Waals surface area contributed by atoms with Crippen LogP contribution in [0.2, 0.25) is 0 Å². The molecule has 2 N–H and O–H groups in total. The van der Waals surface area contributed by atoms with Crippen LogP contribution in [0.1, 0.15) is 50.7 Å². The first-order valence-electron chi connectivity index (χ1n) is 6.16. The van der Waals surface area contributed by atoms with Crippen LogP contribution in [0.15, 0.2) is 4.52 Å². The molecule has 1 aliphatic rings. The average molecular weight is 239 g/mol. The maximum Gasteiger partial charge on any atom is 0.230 e. The van der Waals surface area contributed by atoms with Crippen molar-refractivity contribution < 1.29 is 9.26 Å². The number of ether oxygens (including phenoxy) is 1. The summed E-state index contributed by atoms with van der Waals surface area (Å²) < 4.78 is 10.4. The summed E-state index contributed by atoms with van der Waals surface area (Å²) in [4.78, 5) is 4.45. The number of hydrogen-bond acceptors (Lipinski definition) is 5. The van der Waals surface area contributed by atoms with Crippen molar-refractivity contribution in [2.75, 3.05) is 13.7 Å². The predicted molar refractivity (Wildman–Crippen MR) is 63.5 cm³/mol. The molecule has 0 aromatic carbocycles. The van der Waals surface area contributed by atoms with E-state index in [1.54, 1.807) is 7.11 Å². The minimum absolute atomic E-state index is 0.381. The molecule has 0 radical (unpaired) electrons. The normalized spacial score (nSPS) is 28.2. The molecular formula is C12H21N3O2. The van der Waals surface area contributed by atoms with Crippen LogP contribution in [0, 0.1) is 5.92 Å². The lowest BCUT2D eigenvalue weighted by molar-refractivity contribution is 0.135. The van der Waals surface area contributed by atoms with Gasteiger partial charge in [0.05, 0.1) is 6.61 Å². The average Bonchev–Trinajstić information content (AvgIpc) is 2.85. The molecule has 17 heavy (non-hydrogen) atoms. The third-order valence-electron chi connectivity index (χ3n) is 3.58. The summed E-state index contributed by atoms with van der Waals surface area (Å²) >= 11 is 0. The summed E-state index contributed by atoms with van der Waals surface area (Å²) in [5.74, 6) is 2.29. The summed E-state index contributed by atoms with van der Waals surface area (Å²) in [5, 5.41) is 3.99. The van der Waals surface area contributed by atoms with Gasteiger partial charge >= 0.3 is 0 Å². The summed E-state index contributed by atoms with van der Waals surface area (Å²) in [6, 6.07) is 0. The number of nitrogens with two attached hydrogens (primary N) is 1. The summed E-state index contributed by atoms with van der Waals surface area (Å²) in [7, 11) is 1.62. The first-order chi connectivity index (χ1) is 8.04. The van der Waals surface area contributed by atoms with Crippen molar-refractivity contribution in [2.24, 2.45) is 11.7 Å². The summed E-state index contributed by atoms with van der Waals surface area (Å²) in [6.45, 7) is 4.47. The molecule has 0 amide bonds. The van der Waals surface area contributed by atoms with Crippen LogP contribution in [-0.4, -0.2) is 23.9 Å². The van der Waals surface area contributed by atoms with Gasteiger partial charge in [-0.3, -0.25) is 0 Å². The Balaban J connectivity index is 2.15. The minimum Gasteiger partial charge on any atom is -0.382 e. The van der Waals surface area contributed by atoms with Crippen LogP contribution in [0.5, 0.6) is 0 Å². The van der Waals surface area contributed by atoms with Crippen molar-refractivity contribution in [3.8, 4) is 0 Å². The van der Waals surface area contributed by atoms with Crippen LogP contribution >= 0.6 is 0 Å². The third kappa shape index (κ3) is 2.50. The monoisotopic (exact) mass is 239 g/mol. The molecule has 0 aliphatic heterocycles. The Morgan fingerprint density at radius 2 is 2.29 bits per heavy atom. The van der Waals surface area contributed by atoms with Crippen LogP contribution in [0.3, 0.4) is 0 Å². The van der Waals surface area contributed by atoms with Crippen LogP contribution in [-0.2, 0) is 10.3 Å². The fraction of sp³-hybridized carbons (Fsp3) is 0.833. The van der Waals surface area contributed by atoms with E-state index in [2.05, 4.69) is 17.1 Å². The second-order valence-corrected chi connectivity index (χ2v) is 5.32. The minimum atomic E-state index is -0.682. The predicted octanol–water partition coefficient (Wildman–Crippen LogP) is 1.79. The van der Waals surface area contributed by atoms with Gasteiger partial charge in [0.15, 0.2) is 5.82 Å². The standard InChI is InChI=1S/C12H21N3O2/c1-8-5-4-6-9(8)10-14-11(15-17-10)12(2,13)7-16-3/h8-9H,4-7,13H2,1-3H3. The van der Waals surface area contributed by atoms with E-state index in [9.17, 15) is 0 Å². The second kappa shape index (κ2) is 4.74. The molecule has 1 aliphatic carbocycles.